The summed E-state index contributed by atoms with van der Waals surface area (Å²) < 4.78 is 7.46. The number of aromatic nitrogens is 2. The Kier molecular flexibility index (Phi) is 4.98. The molecule has 0 fully saturated rings. The predicted octanol–water partition coefficient (Wildman–Crippen LogP) is 4.14. The summed E-state index contributed by atoms with van der Waals surface area (Å²) in [6.45, 7) is 4.71. The summed E-state index contributed by atoms with van der Waals surface area (Å²) in [4.78, 5) is 12.3. The minimum absolute atomic E-state index is 0.00335. The molecule has 5 heteroatoms. The van der Waals surface area contributed by atoms with E-state index in [-0.39, 0.29) is 5.91 Å². The number of aryl methyl sites for hydroxylation is 2. The number of amides is 1. The van der Waals surface area contributed by atoms with E-state index in [1.54, 1.807) is 6.26 Å². The Labute approximate surface area is 164 Å². The van der Waals surface area contributed by atoms with Crippen molar-refractivity contribution in [2.24, 2.45) is 0 Å². The first-order chi connectivity index (χ1) is 13.6. The smallest absolute Gasteiger partial charge is 0.224 e. The molecule has 0 aliphatic heterocycles. The standard InChI is InChI=1S/C23H23N3O2/c1-16-10-21-19(15-28-22(21)11-17(16)2)12-23(27)24-9-8-18-13-25-26(14-18)20-6-4-3-5-7-20/h3-7,10-11,13-15H,8-9,12H2,1-2H3,(H,24,27). The molecule has 2 aromatic carbocycles. The van der Waals surface area contributed by atoms with E-state index >= 15 is 0 Å². The van der Waals surface area contributed by atoms with E-state index in [0.717, 1.165) is 34.2 Å². The number of nitrogens with zero attached hydrogens (tertiary/aromatic N) is 2. The minimum Gasteiger partial charge on any atom is -0.464 e. The molecular formula is C23H23N3O2. The molecule has 0 spiro atoms. The van der Waals surface area contributed by atoms with E-state index in [1.807, 2.05) is 53.5 Å². The van der Waals surface area contributed by atoms with Gasteiger partial charge in [0.25, 0.3) is 0 Å². The van der Waals surface area contributed by atoms with Gasteiger partial charge < -0.3 is 9.73 Å². The van der Waals surface area contributed by atoms with Crippen molar-refractivity contribution in [1.29, 1.82) is 0 Å². The number of benzene rings is 2. The van der Waals surface area contributed by atoms with Crippen molar-refractivity contribution in [2.45, 2.75) is 26.7 Å². The van der Waals surface area contributed by atoms with Crippen LogP contribution in [0.3, 0.4) is 0 Å². The van der Waals surface area contributed by atoms with Crippen LogP contribution in [0.25, 0.3) is 16.7 Å². The Morgan fingerprint density at radius 3 is 2.75 bits per heavy atom. The van der Waals surface area contributed by atoms with Gasteiger partial charge in [-0.05, 0) is 61.2 Å². The van der Waals surface area contributed by atoms with Gasteiger partial charge in [0.1, 0.15) is 5.58 Å². The fourth-order valence-corrected chi connectivity index (χ4v) is 3.27. The predicted molar refractivity (Wildman–Crippen MR) is 110 cm³/mol. The molecule has 1 amide bonds. The highest BCUT2D eigenvalue weighted by Crippen LogP contribution is 2.25. The lowest BCUT2D eigenvalue weighted by atomic mass is 10.0. The zero-order chi connectivity index (χ0) is 19.5. The third kappa shape index (κ3) is 3.83. The number of nitrogens with one attached hydrogen (secondary N) is 1. The molecule has 2 heterocycles. The second kappa shape index (κ2) is 7.72. The van der Waals surface area contributed by atoms with Gasteiger partial charge in [0.15, 0.2) is 0 Å². The van der Waals surface area contributed by atoms with E-state index in [0.29, 0.717) is 13.0 Å². The summed E-state index contributed by atoms with van der Waals surface area (Å²) >= 11 is 0. The van der Waals surface area contributed by atoms with Gasteiger partial charge in [-0.1, -0.05) is 18.2 Å². The zero-order valence-electron chi connectivity index (χ0n) is 16.1. The molecule has 0 radical (unpaired) electrons. The first kappa shape index (κ1) is 18.0. The third-order valence-electron chi connectivity index (χ3n) is 5.01. The lowest BCUT2D eigenvalue weighted by Gasteiger charge is -2.04. The second-order valence-corrected chi connectivity index (χ2v) is 7.10. The van der Waals surface area contributed by atoms with E-state index in [2.05, 4.69) is 30.3 Å². The number of para-hydroxylation sites is 1. The Hall–Kier alpha value is -3.34. The lowest BCUT2D eigenvalue weighted by Crippen LogP contribution is -2.27. The van der Waals surface area contributed by atoms with Crippen LogP contribution < -0.4 is 5.32 Å². The number of furan rings is 1. The molecule has 28 heavy (non-hydrogen) atoms. The van der Waals surface area contributed by atoms with Gasteiger partial charge in [0, 0.05) is 23.7 Å². The summed E-state index contributed by atoms with van der Waals surface area (Å²) in [5.41, 5.74) is 6.26. The molecule has 4 aromatic rings. The Morgan fingerprint density at radius 2 is 1.93 bits per heavy atom. The van der Waals surface area contributed by atoms with Gasteiger partial charge in [-0.25, -0.2) is 4.68 Å². The maximum absolute atomic E-state index is 12.3. The quantitative estimate of drug-likeness (QED) is 0.553. The molecule has 0 unspecified atom stereocenters. The van der Waals surface area contributed by atoms with E-state index < -0.39 is 0 Å². The highest BCUT2D eigenvalue weighted by molar-refractivity contribution is 5.88. The largest absolute Gasteiger partial charge is 0.464 e. The van der Waals surface area contributed by atoms with Crippen molar-refractivity contribution in [2.75, 3.05) is 6.54 Å². The van der Waals surface area contributed by atoms with Gasteiger partial charge in [-0.15, -0.1) is 0 Å². The second-order valence-electron chi connectivity index (χ2n) is 7.10. The maximum atomic E-state index is 12.3. The van der Waals surface area contributed by atoms with Crippen LogP contribution >= 0.6 is 0 Å². The minimum atomic E-state index is -0.00335. The summed E-state index contributed by atoms with van der Waals surface area (Å²) in [5, 5.41) is 8.39. The van der Waals surface area contributed by atoms with Crippen LogP contribution in [0, 0.1) is 13.8 Å². The highest BCUT2D eigenvalue weighted by Gasteiger charge is 2.11. The van der Waals surface area contributed by atoms with E-state index in [9.17, 15) is 4.79 Å². The first-order valence-electron chi connectivity index (χ1n) is 9.43. The van der Waals surface area contributed by atoms with E-state index in [1.165, 1.54) is 11.1 Å². The molecule has 142 valence electrons. The molecular weight excluding hydrogens is 350 g/mol. The number of fused-ring (bicyclic) bond motifs is 1. The molecule has 0 aliphatic carbocycles. The van der Waals surface area contributed by atoms with Gasteiger partial charge in [-0.2, -0.15) is 5.10 Å². The highest BCUT2D eigenvalue weighted by atomic mass is 16.3. The molecule has 4 rings (SSSR count). The molecule has 0 atom stereocenters. The molecule has 0 bridgehead atoms. The van der Waals surface area contributed by atoms with Gasteiger partial charge in [-0.3, -0.25) is 4.79 Å². The average Bonchev–Trinajstić information content (AvgIpc) is 3.31. The van der Waals surface area contributed by atoms with Crippen molar-refractivity contribution in [3.8, 4) is 5.69 Å². The molecule has 1 N–H and O–H groups in total. The molecule has 0 saturated heterocycles. The van der Waals surface area contributed by atoms with Crippen LogP contribution in [0.5, 0.6) is 0 Å². The summed E-state index contributed by atoms with van der Waals surface area (Å²) in [5.74, 6) is -0.00335. The van der Waals surface area contributed by atoms with Gasteiger partial charge >= 0.3 is 0 Å². The Morgan fingerprint density at radius 1 is 1.14 bits per heavy atom. The topological polar surface area (TPSA) is 60.1 Å². The normalized spacial score (nSPS) is 11.1. The number of carbonyl (C=O) groups is 1. The van der Waals surface area contributed by atoms with Crippen molar-refractivity contribution in [1.82, 2.24) is 15.1 Å². The van der Waals surface area contributed by atoms with Crippen molar-refractivity contribution < 1.29 is 9.21 Å². The van der Waals surface area contributed by atoms with Crippen LogP contribution in [0.1, 0.15) is 22.3 Å². The number of hydrogen-bond acceptors (Lipinski definition) is 3. The van der Waals surface area contributed by atoms with Crippen LogP contribution in [-0.4, -0.2) is 22.2 Å². The van der Waals surface area contributed by atoms with Crippen molar-refractivity contribution in [3.05, 3.63) is 83.4 Å². The van der Waals surface area contributed by atoms with Crippen molar-refractivity contribution in [3.63, 3.8) is 0 Å². The fraction of sp³-hybridized carbons (Fsp3) is 0.217. The first-order valence-corrected chi connectivity index (χ1v) is 9.43. The average molecular weight is 373 g/mol. The zero-order valence-corrected chi connectivity index (χ0v) is 16.1. The summed E-state index contributed by atoms with van der Waals surface area (Å²) in [6, 6.07) is 14.1. The van der Waals surface area contributed by atoms with Gasteiger partial charge in [0.2, 0.25) is 5.91 Å². The Balaban J connectivity index is 1.33. The van der Waals surface area contributed by atoms with Crippen LogP contribution in [0.15, 0.2) is 65.5 Å². The van der Waals surface area contributed by atoms with Crippen molar-refractivity contribution >= 4 is 16.9 Å². The lowest BCUT2D eigenvalue weighted by molar-refractivity contribution is -0.120. The number of hydrogen-bond donors (Lipinski definition) is 1. The fourth-order valence-electron chi connectivity index (χ4n) is 3.27. The summed E-state index contributed by atoms with van der Waals surface area (Å²) in [7, 11) is 0. The maximum Gasteiger partial charge on any atom is 0.224 e. The SMILES string of the molecule is Cc1cc2occ(CC(=O)NCCc3cnn(-c4ccccc4)c3)c2cc1C. The molecule has 0 saturated carbocycles. The Bertz CT molecular complexity index is 1110. The van der Waals surface area contributed by atoms with Crippen LogP contribution in [0.2, 0.25) is 0 Å². The molecule has 0 aliphatic rings. The number of carbonyl (C=O) groups excluding carboxylic acids is 1. The molecule has 5 nitrogen and oxygen atoms in total. The van der Waals surface area contributed by atoms with Crippen LogP contribution in [0.4, 0.5) is 0 Å². The number of rotatable bonds is 6. The third-order valence-corrected chi connectivity index (χ3v) is 5.01. The van der Waals surface area contributed by atoms with Crippen LogP contribution in [-0.2, 0) is 17.6 Å². The monoisotopic (exact) mass is 373 g/mol. The molecule has 2 aromatic heterocycles. The summed E-state index contributed by atoms with van der Waals surface area (Å²) in [6.07, 6.45) is 6.58. The van der Waals surface area contributed by atoms with Gasteiger partial charge in [0.05, 0.1) is 24.6 Å². The van der Waals surface area contributed by atoms with E-state index in [4.69, 9.17) is 4.42 Å².